The zero-order chi connectivity index (χ0) is 42.6. The average Bonchev–Trinajstić information content (AvgIpc) is 3.91. The summed E-state index contributed by atoms with van der Waals surface area (Å²) in [5.41, 5.74) is 16.0. The molecule has 0 atom stereocenters. The number of para-hydroxylation sites is 1. The molecule has 0 aliphatic heterocycles. The molecule has 0 saturated heterocycles. The van der Waals surface area contributed by atoms with E-state index in [4.69, 9.17) is 19.4 Å². The van der Waals surface area contributed by atoms with Crippen molar-refractivity contribution in [2.75, 3.05) is 0 Å². The van der Waals surface area contributed by atoms with E-state index >= 15 is 0 Å². The van der Waals surface area contributed by atoms with Crippen molar-refractivity contribution in [2.24, 2.45) is 0 Å². The van der Waals surface area contributed by atoms with E-state index in [1.165, 1.54) is 22.3 Å². The molecule has 0 N–H and O–H groups in total. The molecule has 6 aromatic rings. The number of hydrogen-bond acceptors (Lipinski definition) is 4. The molecule has 3 aromatic heterocycles. The van der Waals surface area contributed by atoms with Gasteiger partial charge in [0.15, 0.2) is 17.5 Å². The molecule has 0 bridgehead atoms. The molecule has 0 amide bonds. The van der Waals surface area contributed by atoms with E-state index in [0.717, 1.165) is 81.6 Å². The van der Waals surface area contributed by atoms with E-state index in [-0.39, 0.29) is 5.41 Å². The highest BCUT2D eigenvalue weighted by atomic mass is 16.3. The second-order valence-corrected chi connectivity index (χ2v) is 15.7. The summed E-state index contributed by atoms with van der Waals surface area (Å²) in [6.45, 7) is 27.6. The van der Waals surface area contributed by atoms with Crippen LogP contribution in [0.5, 0.6) is 0 Å². The quantitative estimate of drug-likeness (QED) is 0.0816. The zero-order valence-corrected chi connectivity index (χ0v) is 36.0. The highest BCUT2D eigenvalue weighted by molar-refractivity contribution is 6.42. The first kappa shape index (κ1) is 41.4. The van der Waals surface area contributed by atoms with Crippen molar-refractivity contribution in [3.05, 3.63) is 198 Å². The highest BCUT2D eigenvalue weighted by Gasteiger charge is 2.37. The Labute approximate surface area is 356 Å². The van der Waals surface area contributed by atoms with E-state index in [2.05, 4.69) is 151 Å². The Morgan fingerprint density at radius 3 is 2.22 bits per heavy atom. The summed E-state index contributed by atoms with van der Waals surface area (Å²) < 4.78 is 8.33. The molecule has 7 rings (SSSR count). The lowest BCUT2D eigenvalue weighted by Gasteiger charge is -2.22. The van der Waals surface area contributed by atoms with Crippen molar-refractivity contribution in [3.63, 3.8) is 0 Å². The Morgan fingerprint density at radius 1 is 0.783 bits per heavy atom. The van der Waals surface area contributed by atoms with Gasteiger partial charge in [-0.2, -0.15) is 0 Å². The largest absolute Gasteiger partial charge is 0.464 e. The van der Waals surface area contributed by atoms with Gasteiger partial charge >= 0.3 is 0 Å². The van der Waals surface area contributed by atoms with Gasteiger partial charge in [0, 0.05) is 50.0 Å². The Bertz CT molecular complexity index is 2840. The molecule has 7 heteroatoms. The fourth-order valence-corrected chi connectivity index (χ4v) is 8.25. The van der Waals surface area contributed by atoms with Gasteiger partial charge in [0.25, 0.3) is 0 Å². The van der Waals surface area contributed by atoms with E-state index in [1.807, 2.05) is 42.5 Å². The molecule has 1 aliphatic carbocycles. The molecule has 0 fully saturated rings. The van der Waals surface area contributed by atoms with Crippen molar-refractivity contribution in [1.82, 2.24) is 19.5 Å². The molecule has 0 saturated carbocycles. The van der Waals surface area contributed by atoms with Crippen LogP contribution in [0.25, 0.3) is 68.3 Å². The molecule has 296 valence electrons. The van der Waals surface area contributed by atoms with Crippen LogP contribution in [-0.4, -0.2) is 34.1 Å². The number of allylic oxidation sites excluding steroid dienone is 10. The van der Waals surface area contributed by atoms with Crippen LogP contribution < -0.4 is 0 Å². The summed E-state index contributed by atoms with van der Waals surface area (Å²) in [4.78, 5) is 15.1. The van der Waals surface area contributed by atoms with Crippen LogP contribution in [0.1, 0.15) is 84.4 Å². The molecule has 0 radical (unpaired) electrons. The van der Waals surface area contributed by atoms with Crippen molar-refractivity contribution >= 4 is 66.0 Å². The van der Waals surface area contributed by atoms with Gasteiger partial charge in [-0.3, -0.25) is 0 Å². The lowest BCUT2D eigenvalue weighted by atomic mass is 9.80. The van der Waals surface area contributed by atoms with E-state index < -0.39 is 0 Å². The zero-order valence-electron chi connectivity index (χ0n) is 36.0. The number of fused-ring (bicyclic) bond motifs is 5. The molecule has 0 unspecified atom stereocenters. The van der Waals surface area contributed by atoms with Crippen LogP contribution in [0, 0.1) is 6.92 Å². The normalized spacial score (nSPS) is 14.2. The molecule has 1 aliphatic rings. The Kier molecular flexibility index (Phi) is 12.2. The molecular formula is C53H52B2N4O. The molecule has 3 aromatic carbocycles. The van der Waals surface area contributed by atoms with E-state index in [9.17, 15) is 0 Å². The van der Waals surface area contributed by atoms with Crippen LogP contribution in [0.15, 0.2) is 146 Å². The van der Waals surface area contributed by atoms with Crippen molar-refractivity contribution in [3.8, 4) is 16.8 Å². The monoisotopic (exact) mass is 782 g/mol. The first-order valence-electron chi connectivity index (χ1n) is 20.8. The lowest BCUT2D eigenvalue weighted by Crippen LogP contribution is -2.15. The predicted molar refractivity (Wildman–Crippen MR) is 262 cm³/mol. The smallest absolute Gasteiger partial charge is 0.164 e. The minimum atomic E-state index is -0.185. The number of benzene rings is 3. The summed E-state index contributed by atoms with van der Waals surface area (Å²) in [6.07, 6.45) is 19.7. The third kappa shape index (κ3) is 7.76. The Balaban J connectivity index is 1.41. The SMILES string of the molecule is C=C/C=C\C(=C/BC)c1nc(/C(C)=C/c2c(/C=C(\C)c3ccc4c(c3)C(C)(C)c3ccc5ccoc5c3-4)c(C=C)n(-c3ccccc3)c2C)nc(/C(C=C)=C/C=C\BC)n1. The molecule has 5 nitrogen and oxygen atoms in total. The van der Waals surface area contributed by atoms with Gasteiger partial charge in [0.2, 0.25) is 0 Å². The minimum Gasteiger partial charge on any atom is -0.464 e. The standard InChI is InChI=1S/C53H52B2N4O/c1-11-14-19-40(33-55-10)52-57-50(56-51(58-52)37(12-2)20-18-28-54-9)35(5)31-43-36(6)59(41-21-16-15-17-22-41)47(13-3)44(43)30-34(4)39-23-25-42-46(32-39)53(7,8)45-26-24-38-27-29-60-49(38)48(42)45/h11-33,54-55H,1-3H2,4-10H3/b19-14-,28-18-,34-30+,35-31+,37-20+,40-33+. The fraction of sp³-hybridized carbons (Fsp3) is 0.151. The number of rotatable bonds is 14. The summed E-state index contributed by atoms with van der Waals surface area (Å²) in [6, 6.07) is 23.8. The maximum Gasteiger partial charge on any atom is 0.164 e. The average molecular weight is 783 g/mol. The Hall–Kier alpha value is -6.72. The molecule has 0 spiro atoms. The van der Waals surface area contributed by atoms with Crippen LogP contribution in [-0.2, 0) is 5.41 Å². The number of nitrogens with zero attached hydrogens (tertiary/aromatic N) is 4. The third-order valence-electron chi connectivity index (χ3n) is 11.4. The summed E-state index contributed by atoms with van der Waals surface area (Å²) in [5, 5.41) is 1.12. The minimum absolute atomic E-state index is 0.185. The maximum atomic E-state index is 6.05. The molecule has 3 heterocycles. The summed E-state index contributed by atoms with van der Waals surface area (Å²) in [5.74, 6) is 5.95. The van der Waals surface area contributed by atoms with Gasteiger partial charge in [0.05, 0.1) is 12.0 Å². The van der Waals surface area contributed by atoms with Crippen LogP contribution in [0.4, 0.5) is 0 Å². The van der Waals surface area contributed by atoms with Crippen molar-refractivity contribution < 1.29 is 4.42 Å². The second kappa shape index (κ2) is 17.6. The van der Waals surface area contributed by atoms with Gasteiger partial charge in [-0.15, -0.1) is 12.0 Å². The number of hydrogen-bond donors (Lipinski definition) is 0. The summed E-state index contributed by atoms with van der Waals surface area (Å²) >= 11 is 0. The van der Waals surface area contributed by atoms with Gasteiger partial charge < -0.3 is 8.98 Å². The van der Waals surface area contributed by atoms with Gasteiger partial charge in [-0.05, 0) is 96.7 Å². The lowest BCUT2D eigenvalue weighted by molar-refractivity contribution is 0.614. The predicted octanol–water partition coefficient (Wildman–Crippen LogP) is 12.9. The van der Waals surface area contributed by atoms with Gasteiger partial charge in [-0.1, -0.05) is 126 Å². The van der Waals surface area contributed by atoms with Gasteiger partial charge in [0.1, 0.15) is 20.1 Å². The second-order valence-electron chi connectivity index (χ2n) is 15.7. The highest BCUT2D eigenvalue weighted by Crippen LogP contribution is 2.52. The van der Waals surface area contributed by atoms with Crippen LogP contribution in [0.3, 0.4) is 0 Å². The number of aromatic nitrogens is 4. The van der Waals surface area contributed by atoms with E-state index in [0.29, 0.717) is 17.5 Å². The van der Waals surface area contributed by atoms with E-state index in [1.54, 1.807) is 18.4 Å². The Morgan fingerprint density at radius 2 is 1.52 bits per heavy atom. The maximum absolute atomic E-state index is 6.05. The first-order valence-corrected chi connectivity index (χ1v) is 20.8. The van der Waals surface area contributed by atoms with Gasteiger partial charge in [-0.25, -0.2) is 15.0 Å². The third-order valence-corrected chi connectivity index (χ3v) is 11.4. The topological polar surface area (TPSA) is 56.7 Å². The fourth-order valence-electron chi connectivity index (χ4n) is 8.25. The summed E-state index contributed by atoms with van der Waals surface area (Å²) in [7, 11) is 1.74. The van der Waals surface area contributed by atoms with Crippen molar-refractivity contribution in [1.29, 1.82) is 0 Å². The van der Waals surface area contributed by atoms with Crippen LogP contribution in [0.2, 0.25) is 13.6 Å². The van der Waals surface area contributed by atoms with Crippen LogP contribution >= 0.6 is 0 Å². The van der Waals surface area contributed by atoms with Crippen molar-refractivity contribution in [2.45, 2.75) is 53.7 Å². The number of furan rings is 1. The molecular weight excluding hydrogens is 730 g/mol. The first-order chi connectivity index (χ1) is 29.1. The molecule has 60 heavy (non-hydrogen) atoms.